The first-order valence-electron chi connectivity index (χ1n) is 3.51. The average molecular weight is 191 g/mol. The van der Waals surface area contributed by atoms with Gasteiger partial charge in [-0.1, -0.05) is 12.1 Å². The summed E-state index contributed by atoms with van der Waals surface area (Å²) in [5.74, 6) is 0. The Morgan fingerprint density at radius 1 is 1.15 bits per heavy atom. The van der Waals surface area contributed by atoms with Crippen LogP contribution in [0, 0.1) is 0 Å². The van der Waals surface area contributed by atoms with Gasteiger partial charge in [0.2, 0.25) is 0 Å². The first-order valence-corrected chi connectivity index (χ1v) is 3.51. The van der Waals surface area contributed by atoms with E-state index in [1.54, 1.807) is 0 Å². The molecule has 1 aromatic rings. The van der Waals surface area contributed by atoms with Crippen LogP contribution >= 0.6 is 0 Å². The van der Waals surface area contributed by atoms with Crippen molar-refractivity contribution in [2.24, 2.45) is 0 Å². The SMILES string of the molecule is Nc1ccc(C(O)C(F)(F)F)cc1. The Kier molecular flexibility index (Phi) is 2.47. The van der Waals surface area contributed by atoms with E-state index in [-0.39, 0.29) is 5.56 Å². The summed E-state index contributed by atoms with van der Waals surface area (Å²) in [4.78, 5) is 0. The number of halogens is 3. The van der Waals surface area contributed by atoms with Gasteiger partial charge in [-0.15, -0.1) is 0 Å². The van der Waals surface area contributed by atoms with Crippen LogP contribution in [0.1, 0.15) is 11.7 Å². The predicted octanol–water partition coefficient (Wildman–Crippen LogP) is 1.86. The standard InChI is InChI=1S/C8H8F3NO/c9-8(10,11)7(13)5-1-3-6(12)4-2-5/h1-4,7,13H,12H2. The highest BCUT2D eigenvalue weighted by Crippen LogP contribution is 2.32. The molecule has 3 N–H and O–H groups in total. The molecular weight excluding hydrogens is 183 g/mol. The second-order valence-electron chi connectivity index (χ2n) is 2.61. The molecule has 0 spiro atoms. The molecule has 1 unspecified atom stereocenters. The van der Waals surface area contributed by atoms with E-state index in [1.807, 2.05) is 0 Å². The van der Waals surface area contributed by atoms with Gasteiger partial charge in [0.15, 0.2) is 6.10 Å². The fourth-order valence-corrected chi connectivity index (χ4v) is 0.867. The molecule has 72 valence electrons. The molecule has 0 heterocycles. The topological polar surface area (TPSA) is 46.2 Å². The Hall–Kier alpha value is -1.23. The van der Waals surface area contributed by atoms with E-state index < -0.39 is 12.3 Å². The van der Waals surface area contributed by atoms with E-state index in [4.69, 9.17) is 10.8 Å². The lowest BCUT2D eigenvalue weighted by molar-refractivity contribution is -0.206. The van der Waals surface area contributed by atoms with Crippen LogP contribution in [0.5, 0.6) is 0 Å². The van der Waals surface area contributed by atoms with Crippen molar-refractivity contribution < 1.29 is 18.3 Å². The van der Waals surface area contributed by atoms with Crippen LogP contribution in [0.25, 0.3) is 0 Å². The largest absolute Gasteiger partial charge is 0.418 e. The van der Waals surface area contributed by atoms with Gasteiger partial charge in [-0.25, -0.2) is 0 Å². The Morgan fingerprint density at radius 3 is 2.00 bits per heavy atom. The molecule has 0 bridgehead atoms. The van der Waals surface area contributed by atoms with Crippen LogP contribution < -0.4 is 5.73 Å². The van der Waals surface area contributed by atoms with Crippen LogP contribution in [0.15, 0.2) is 24.3 Å². The maximum absolute atomic E-state index is 12.0. The molecule has 0 aliphatic heterocycles. The Bertz CT molecular complexity index is 280. The van der Waals surface area contributed by atoms with Gasteiger partial charge in [0.1, 0.15) is 0 Å². The minimum Gasteiger partial charge on any atom is -0.399 e. The molecule has 0 saturated carbocycles. The normalized spacial score (nSPS) is 14.2. The molecule has 0 saturated heterocycles. The summed E-state index contributed by atoms with van der Waals surface area (Å²) in [7, 11) is 0. The number of hydrogen-bond donors (Lipinski definition) is 2. The van der Waals surface area contributed by atoms with E-state index in [9.17, 15) is 13.2 Å². The third-order valence-electron chi connectivity index (χ3n) is 1.56. The summed E-state index contributed by atoms with van der Waals surface area (Å²) in [5.41, 5.74) is 5.43. The molecule has 0 fully saturated rings. The van der Waals surface area contributed by atoms with Crippen molar-refractivity contribution in [3.05, 3.63) is 29.8 Å². The predicted molar refractivity (Wildman–Crippen MR) is 41.9 cm³/mol. The first-order chi connectivity index (χ1) is 5.91. The monoisotopic (exact) mass is 191 g/mol. The number of nitrogen functional groups attached to an aromatic ring is 1. The van der Waals surface area contributed by atoms with Crippen LogP contribution in [-0.2, 0) is 0 Å². The van der Waals surface area contributed by atoms with E-state index in [0.717, 1.165) is 12.1 Å². The summed E-state index contributed by atoms with van der Waals surface area (Å²) in [6.45, 7) is 0. The average Bonchev–Trinajstić information content (AvgIpc) is 2.03. The number of benzene rings is 1. The van der Waals surface area contributed by atoms with E-state index in [0.29, 0.717) is 5.69 Å². The number of anilines is 1. The molecule has 0 aliphatic carbocycles. The zero-order chi connectivity index (χ0) is 10.1. The molecule has 0 radical (unpaired) electrons. The highest BCUT2D eigenvalue weighted by molar-refractivity contribution is 5.40. The second-order valence-corrected chi connectivity index (χ2v) is 2.61. The molecule has 0 amide bonds. The molecule has 0 aromatic heterocycles. The fraction of sp³-hybridized carbons (Fsp3) is 0.250. The lowest BCUT2D eigenvalue weighted by Gasteiger charge is -2.14. The molecule has 1 aromatic carbocycles. The minimum atomic E-state index is -4.63. The number of alkyl halides is 3. The smallest absolute Gasteiger partial charge is 0.399 e. The van der Waals surface area contributed by atoms with Crippen LogP contribution in [-0.4, -0.2) is 11.3 Å². The lowest BCUT2D eigenvalue weighted by Crippen LogP contribution is -2.20. The maximum Gasteiger partial charge on any atom is 0.418 e. The molecule has 1 rings (SSSR count). The molecular formula is C8H8F3NO. The van der Waals surface area contributed by atoms with E-state index in [1.165, 1.54) is 12.1 Å². The Labute approximate surface area is 72.8 Å². The first kappa shape index (κ1) is 9.85. The van der Waals surface area contributed by atoms with Crippen molar-refractivity contribution in [3.63, 3.8) is 0 Å². The summed E-state index contributed by atoms with van der Waals surface area (Å²) in [6.07, 6.45) is -7.07. The summed E-state index contributed by atoms with van der Waals surface area (Å²) < 4.78 is 35.9. The highest BCUT2D eigenvalue weighted by Gasteiger charge is 2.39. The van der Waals surface area contributed by atoms with Crippen LogP contribution in [0.2, 0.25) is 0 Å². The molecule has 1 atom stereocenters. The van der Waals surface area contributed by atoms with Gasteiger partial charge in [0.25, 0.3) is 0 Å². The van der Waals surface area contributed by atoms with Crippen molar-refractivity contribution in [2.75, 3.05) is 5.73 Å². The fourth-order valence-electron chi connectivity index (χ4n) is 0.867. The van der Waals surface area contributed by atoms with Crippen molar-refractivity contribution >= 4 is 5.69 Å². The van der Waals surface area contributed by atoms with Gasteiger partial charge in [-0.2, -0.15) is 13.2 Å². The molecule has 13 heavy (non-hydrogen) atoms. The zero-order valence-electron chi connectivity index (χ0n) is 6.55. The third kappa shape index (κ3) is 2.35. The number of nitrogens with two attached hydrogens (primary N) is 1. The van der Waals surface area contributed by atoms with E-state index in [2.05, 4.69) is 0 Å². The van der Waals surface area contributed by atoms with Crippen molar-refractivity contribution in [3.8, 4) is 0 Å². The molecule has 2 nitrogen and oxygen atoms in total. The maximum atomic E-state index is 12.0. The van der Waals surface area contributed by atoms with Gasteiger partial charge in [-0.3, -0.25) is 0 Å². The highest BCUT2D eigenvalue weighted by atomic mass is 19.4. The van der Waals surface area contributed by atoms with Crippen LogP contribution in [0.4, 0.5) is 18.9 Å². The van der Waals surface area contributed by atoms with Crippen molar-refractivity contribution in [2.45, 2.75) is 12.3 Å². The van der Waals surface area contributed by atoms with Gasteiger partial charge in [-0.05, 0) is 17.7 Å². The van der Waals surface area contributed by atoms with Crippen LogP contribution in [0.3, 0.4) is 0 Å². The molecule has 5 heteroatoms. The zero-order valence-corrected chi connectivity index (χ0v) is 6.55. The second kappa shape index (κ2) is 3.26. The Balaban J connectivity index is 2.90. The van der Waals surface area contributed by atoms with E-state index >= 15 is 0 Å². The third-order valence-corrected chi connectivity index (χ3v) is 1.56. The van der Waals surface area contributed by atoms with Gasteiger partial charge < -0.3 is 10.8 Å². The van der Waals surface area contributed by atoms with Gasteiger partial charge in [0.05, 0.1) is 0 Å². The number of aliphatic hydroxyl groups excluding tert-OH is 1. The van der Waals surface area contributed by atoms with Crippen molar-refractivity contribution in [1.82, 2.24) is 0 Å². The van der Waals surface area contributed by atoms with Gasteiger partial charge >= 0.3 is 6.18 Å². The summed E-state index contributed by atoms with van der Waals surface area (Å²) in [5, 5.41) is 8.78. The number of rotatable bonds is 1. The number of aliphatic hydroxyl groups is 1. The lowest BCUT2D eigenvalue weighted by atomic mass is 10.1. The summed E-state index contributed by atoms with van der Waals surface area (Å²) in [6, 6.07) is 4.91. The quantitative estimate of drug-likeness (QED) is 0.665. The Morgan fingerprint density at radius 2 is 1.62 bits per heavy atom. The summed E-state index contributed by atoms with van der Waals surface area (Å²) >= 11 is 0. The molecule has 0 aliphatic rings. The number of hydrogen-bond acceptors (Lipinski definition) is 2. The minimum absolute atomic E-state index is 0.207. The van der Waals surface area contributed by atoms with Gasteiger partial charge in [0, 0.05) is 5.69 Å². The van der Waals surface area contributed by atoms with Crippen molar-refractivity contribution in [1.29, 1.82) is 0 Å².